The van der Waals surface area contributed by atoms with Crippen LogP contribution < -0.4 is 0 Å². The molecule has 0 aromatic carbocycles. The van der Waals surface area contributed by atoms with Gasteiger partial charge in [-0.15, -0.1) is 24.7 Å². The van der Waals surface area contributed by atoms with Crippen molar-refractivity contribution in [3.8, 4) is 24.7 Å². The molecule has 2 nitrogen and oxygen atoms in total. The van der Waals surface area contributed by atoms with Crippen molar-refractivity contribution in [1.82, 2.24) is 0 Å². The van der Waals surface area contributed by atoms with E-state index in [9.17, 15) is 0 Å². The lowest BCUT2D eigenvalue weighted by molar-refractivity contribution is -0.123. The zero-order valence-corrected chi connectivity index (χ0v) is 9.38. The molecule has 14 heavy (non-hydrogen) atoms. The zero-order valence-electron chi connectivity index (χ0n) is 9.38. The number of unbranched alkanes of at least 4 members (excludes halogenated alkanes) is 1. The van der Waals surface area contributed by atoms with Crippen LogP contribution in [0.2, 0.25) is 0 Å². The Kier molecular flexibility index (Phi) is 16.1. The van der Waals surface area contributed by atoms with E-state index in [1.165, 1.54) is 0 Å². The van der Waals surface area contributed by atoms with E-state index in [1.54, 1.807) is 0 Å². The first-order valence-corrected chi connectivity index (χ1v) is 4.82. The highest BCUT2D eigenvalue weighted by Gasteiger charge is 1.94. The molecule has 0 aliphatic heterocycles. The fourth-order valence-electron chi connectivity index (χ4n) is 0.662. The maximum atomic E-state index is 5.06. The van der Waals surface area contributed by atoms with Crippen molar-refractivity contribution in [3.63, 3.8) is 0 Å². The molecule has 0 fully saturated rings. The van der Waals surface area contributed by atoms with Crippen LogP contribution in [0.15, 0.2) is 0 Å². The summed E-state index contributed by atoms with van der Waals surface area (Å²) in [6.45, 7) is 7.25. The molecular weight excluding hydrogens is 176 g/mol. The Bertz CT molecular complexity index is 154. The first-order chi connectivity index (χ1) is 6.72. The smallest absolute Gasteiger partial charge is 0.154 e. The van der Waals surface area contributed by atoms with Crippen LogP contribution in [0.4, 0.5) is 0 Å². The van der Waals surface area contributed by atoms with Crippen LogP contribution in [0, 0.1) is 24.7 Å². The van der Waals surface area contributed by atoms with Gasteiger partial charge >= 0.3 is 0 Å². The van der Waals surface area contributed by atoms with Gasteiger partial charge in [0, 0.05) is 26.1 Å². The molecule has 0 radical (unpaired) electrons. The Morgan fingerprint density at radius 2 is 1.36 bits per heavy atom. The van der Waals surface area contributed by atoms with E-state index < -0.39 is 0 Å². The summed E-state index contributed by atoms with van der Waals surface area (Å²) in [4.78, 5) is 0. The average molecular weight is 196 g/mol. The molecule has 0 aromatic rings. The summed E-state index contributed by atoms with van der Waals surface area (Å²) in [5.74, 6) is 4.85. The monoisotopic (exact) mass is 196 g/mol. The molecule has 0 atom stereocenters. The van der Waals surface area contributed by atoms with E-state index in [0.29, 0.717) is 12.8 Å². The van der Waals surface area contributed by atoms with Gasteiger partial charge in [0.1, 0.15) is 0 Å². The minimum atomic E-state index is -0.0370. The Hall–Kier alpha value is -0.960. The normalized spacial score (nSPS) is 8.43. The fourth-order valence-corrected chi connectivity index (χ4v) is 0.662. The number of hydrogen-bond acceptors (Lipinski definition) is 2. The largest absolute Gasteiger partial charge is 0.353 e. The van der Waals surface area contributed by atoms with Crippen molar-refractivity contribution in [2.75, 3.05) is 13.2 Å². The molecule has 0 saturated heterocycles. The molecule has 0 aromatic heterocycles. The lowest BCUT2D eigenvalue weighted by atomic mass is 10.3. The number of terminal acetylenes is 2. The van der Waals surface area contributed by atoms with E-state index in [1.807, 2.05) is 20.8 Å². The third-order valence-corrected chi connectivity index (χ3v) is 1.22. The molecular formula is C12H20O2. The molecule has 0 N–H and O–H groups in total. The topological polar surface area (TPSA) is 18.5 Å². The summed E-state index contributed by atoms with van der Waals surface area (Å²) in [7, 11) is 0. The molecule has 0 spiro atoms. The molecule has 2 heteroatoms. The standard InChI is InChI=1S/C6H14O2.C6H6/c1-4-7-6(3)8-5-2;1-3-5-6-4-2/h6H,4-5H2,1-3H3;1-2H,5-6H2. The summed E-state index contributed by atoms with van der Waals surface area (Å²) in [5.41, 5.74) is 0. The predicted molar refractivity (Wildman–Crippen MR) is 59.6 cm³/mol. The number of rotatable bonds is 5. The first kappa shape index (κ1) is 15.5. The first-order valence-electron chi connectivity index (χ1n) is 4.82. The van der Waals surface area contributed by atoms with Gasteiger partial charge in [0.15, 0.2) is 6.29 Å². The minimum absolute atomic E-state index is 0.0370. The van der Waals surface area contributed by atoms with Gasteiger partial charge in [0.25, 0.3) is 0 Å². The van der Waals surface area contributed by atoms with Crippen LogP contribution in [0.25, 0.3) is 0 Å². The maximum absolute atomic E-state index is 5.06. The molecule has 0 heterocycles. The minimum Gasteiger partial charge on any atom is -0.353 e. The second-order valence-corrected chi connectivity index (χ2v) is 2.39. The molecule has 0 unspecified atom stereocenters. The van der Waals surface area contributed by atoms with Gasteiger partial charge in [-0.05, 0) is 20.8 Å². The lowest BCUT2D eigenvalue weighted by Gasteiger charge is -2.09. The average Bonchev–Trinajstić information content (AvgIpc) is 2.16. The molecule has 80 valence electrons. The molecule has 0 aliphatic carbocycles. The van der Waals surface area contributed by atoms with Crippen LogP contribution in [0.3, 0.4) is 0 Å². The molecule has 0 amide bonds. The van der Waals surface area contributed by atoms with Gasteiger partial charge < -0.3 is 9.47 Å². The van der Waals surface area contributed by atoms with Crippen LogP contribution in [0.1, 0.15) is 33.6 Å². The van der Waals surface area contributed by atoms with Crippen LogP contribution in [0.5, 0.6) is 0 Å². The van der Waals surface area contributed by atoms with Crippen molar-refractivity contribution in [2.45, 2.75) is 39.9 Å². The molecule has 0 saturated carbocycles. The van der Waals surface area contributed by atoms with Gasteiger partial charge in [-0.2, -0.15) is 0 Å². The van der Waals surface area contributed by atoms with E-state index in [-0.39, 0.29) is 6.29 Å². The van der Waals surface area contributed by atoms with Crippen molar-refractivity contribution in [3.05, 3.63) is 0 Å². The summed E-state index contributed by atoms with van der Waals surface area (Å²) in [6.07, 6.45) is 11.1. The van der Waals surface area contributed by atoms with Gasteiger partial charge in [0.2, 0.25) is 0 Å². The zero-order chi connectivity index (χ0) is 11.2. The summed E-state index contributed by atoms with van der Waals surface area (Å²) >= 11 is 0. The van der Waals surface area contributed by atoms with Crippen molar-refractivity contribution in [1.29, 1.82) is 0 Å². The highest BCUT2D eigenvalue weighted by Crippen LogP contribution is 1.90. The van der Waals surface area contributed by atoms with E-state index in [0.717, 1.165) is 13.2 Å². The Morgan fingerprint density at radius 3 is 1.57 bits per heavy atom. The van der Waals surface area contributed by atoms with E-state index in [2.05, 4.69) is 11.8 Å². The second kappa shape index (κ2) is 14.6. The summed E-state index contributed by atoms with van der Waals surface area (Å²) in [5, 5.41) is 0. The summed E-state index contributed by atoms with van der Waals surface area (Å²) < 4.78 is 10.1. The maximum Gasteiger partial charge on any atom is 0.154 e. The third kappa shape index (κ3) is 17.2. The van der Waals surface area contributed by atoms with Crippen molar-refractivity contribution >= 4 is 0 Å². The Balaban J connectivity index is 0. The van der Waals surface area contributed by atoms with Crippen molar-refractivity contribution < 1.29 is 9.47 Å². The number of hydrogen-bond donors (Lipinski definition) is 0. The van der Waals surface area contributed by atoms with Gasteiger partial charge in [-0.25, -0.2) is 0 Å². The van der Waals surface area contributed by atoms with E-state index >= 15 is 0 Å². The van der Waals surface area contributed by atoms with E-state index in [4.69, 9.17) is 22.3 Å². The molecule has 0 rings (SSSR count). The van der Waals surface area contributed by atoms with Crippen LogP contribution in [-0.2, 0) is 9.47 Å². The lowest BCUT2D eigenvalue weighted by Crippen LogP contribution is -2.11. The SMILES string of the molecule is C#CCCC#C.CCOC(C)OCC. The fraction of sp³-hybridized carbons (Fsp3) is 0.667. The van der Waals surface area contributed by atoms with Crippen molar-refractivity contribution in [2.24, 2.45) is 0 Å². The van der Waals surface area contributed by atoms with Crippen LogP contribution in [-0.4, -0.2) is 19.5 Å². The Labute approximate surface area is 88.0 Å². The number of ether oxygens (including phenoxy) is 2. The molecule has 0 bridgehead atoms. The predicted octanol–water partition coefficient (Wildman–Crippen LogP) is 2.44. The highest BCUT2D eigenvalue weighted by atomic mass is 16.7. The second-order valence-electron chi connectivity index (χ2n) is 2.39. The summed E-state index contributed by atoms with van der Waals surface area (Å²) in [6, 6.07) is 0. The third-order valence-electron chi connectivity index (χ3n) is 1.22. The quantitative estimate of drug-likeness (QED) is 0.382. The van der Waals surface area contributed by atoms with Gasteiger partial charge in [-0.1, -0.05) is 0 Å². The highest BCUT2D eigenvalue weighted by molar-refractivity contribution is 4.92. The Morgan fingerprint density at radius 1 is 1.00 bits per heavy atom. The van der Waals surface area contributed by atoms with Crippen LogP contribution >= 0.6 is 0 Å². The van der Waals surface area contributed by atoms with Gasteiger partial charge in [0.05, 0.1) is 0 Å². The molecule has 0 aliphatic rings. The van der Waals surface area contributed by atoms with Gasteiger partial charge in [-0.3, -0.25) is 0 Å².